The van der Waals surface area contributed by atoms with E-state index < -0.39 is 17.7 Å². The number of anilines is 1. The van der Waals surface area contributed by atoms with Crippen molar-refractivity contribution in [1.29, 1.82) is 0 Å². The number of nitrogens with one attached hydrogen (secondary N) is 2. The van der Waals surface area contributed by atoms with Gasteiger partial charge in [-0.15, -0.1) is 0 Å². The predicted octanol–water partition coefficient (Wildman–Crippen LogP) is 1.09. The third-order valence-electron chi connectivity index (χ3n) is 2.84. The number of rotatable bonds is 2. The summed E-state index contributed by atoms with van der Waals surface area (Å²) in [5, 5.41) is 13.3. The van der Waals surface area contributed by atoms with Gasteiger partial charge in [0.1, 0.15) is 11.0 Å². The molecule has 3 rings (SSSR count). The lowest BCUT2D eigenvalue weighted by atomic mass is 10.2. The van der Waals surface area contributed by atoms with E-state index in [0.717, 1.165) is 0 Å². The Hall–Kier alpha value is -2.90. The van der Waals surface area contributed by atoms with E-state index in [1.54, 1.807) is 18.2 Å². The zero-order chi connectivity index (χ0) is 15.0. The molecule has 1 fully saturated rings. The molecule has 8 heteroatoms. The van der Waals surface area contributed by atoms with E-state index in [2.05, 4.69) is 20.7 Å². The number of hydrogen-bond acceptors (Lipinski definition) is 7. The first-order valence-electron chi connectivity index (χ1n) is 6.19. The topological polar surface area (TPSA) is 106 Å². The summed E-state index contributed by atoms with van der Waals surface area (Å²) in [7, 11) is 0. The van der Waals surface area contributed by atoms with Gasteiger partial charge in [-0.2, -0.15) is 15.4 Å². The lowest BCUT2D eigenvalue weighted by Gasteiger charge is -2.29. The Morgan fingerprint density at radius 1 is 1.19 bits per heavy atom. The maximum atomic E-state index is 11.8. The number of fused-ring (bicyclic) bond motifs is 1. The second-order valence-corrected chi connectivity index (χ2v) is 4.88. The van der Waals surface area contributed by atoms with Crippen molar-refractivity contribution in [2.75, 3.05) is 5.32 Å². The van der Waals surface area contributed by atoms with Gasteiger partial charge in [0.05, 0.1) is 5.69 Å². The number of benzene rings is 1. The summed E-state index contributed by atoms with van der Waals surface area (Å²) >= 11 is 0. The van der Waals surface area contributed by atoms with Crippen molar-refractivity contribution in [3.05, 3.63) is 30.0 Å². The number of cyclic esters (lactones) is 2. The molecule has 1 saturated heterocycles. The van der Waals surface area contributed by atoms with E-state index in [9.17, 15) is 9.59 Å². The number of H-pyrrole nitrogens is 1. The van der Waals surface area contributed by atoms with E-state index in [0.29, 0.717) is 16.7 Å². The molecule has 0 bridgehead atoms. The van der Waals surface area contributed by atoms with E-state index >= 15 is 0 Å². The molecule has 108 valence electrons. The zero-order valence-corrected chi connectivity index (χ0v) is 11.3. The van der Waals surface area contributed by atoms with Crippen LogP contribution in [0.2, 0.25) is 0 Å². The molecule has 2 heterocycles. The summed E-state index contributed by atoms with van der Waals surface area (Å²) in [6.45, 7) is 2.98. The van der Waals surface area contributed by atoms with E-state index in [4.69, 9.17) is 9.47 Å². The minimum absolute atomic E-state index is 0.213. The Kier molecular flexibility index (Phi) is 2.86. The highest BCUT2D eigenvalue weighted by Gasteiger charge is 2.38. The average molecular weight is 288 g/mol. The lowest BCUT2D eigenvalue weighted by molar-refractivity contribution is -0.222. The Labute approximate surface area is 119 Å². The van der Waals surface area contributed by atoms with Crippen molar-refractivity contribution < 1.29 is 19.1 Å². The molecule has 1 aromatic heterocycles. The number of ether oxygens (including phenoxy) is 2. The maximum absolute atomic E-state index is 11.8. The number of hydrogen-bond donors (Lipinski definition) is 2. The van der Waals surface area contributed by atoms with Gasteiger partial charge in [-0.1, -0.05) is 6.07 Å². The first-order valence-corrected chi connectivity index (χ1v) is 6.19. The predicted molar refractivity (Wildman–Crippen MR) is 71.9 cm³/mol. The lowest BCUT2D eigenvalue weighted by Crippen LogP contribution is -2.42. The van der Waals surface area contributed by atoms with Crippen LogP contribution in [0.4, 0.5) is 5.69 Å². The molecular weight excluding hydrogens is 276 g/mol. The van der Waals surface area contributed by atoms with Crippen LogP contribution < -0.4 is 5.32 Å². The van der Waals surface area contributed by atoms with Gasteiger partial charge in [-0.25, -0.2) is 9.59 Å². The highest BCUT2D eigenvalue weighted by Crippen LogP contribution is 2.24. The Balaban J connectivity index is 1.88. The molecule has 1 aliphatic heterocycles. The van der Waals surface area contributed by atoms with Crippen molar-refractivity contribution in [2.45, 2.75) is 19.6 Å². The van der Waals surface area contributed by atoms with Gasteiger partial charge in [0, 0.05) is 20.0 Å². The molecule has 8 nitrogen and oxygen atoms in total. The Morgan fingerprint density at radius 2 is 1.90 bits per heavy atom. The second kappa shape index (κ2) is 4.58. The second-order valence-electron chi connectivity index (χ2n) is 4.88. The molecule has 0 unspecified atom stereocenters. The molecule has 21 heavy (non-hydrogen) atoms. The van der Waals surface area contributed by atoms with Crippen molar-refractivity contribution in [1.82, 2.24) is 15.4 Å². The molecule has 1 aromatic carbocycles. The van der Waals surface area contributed by atoms with Crippen LogP contribution in [0.15, 0.2) is 30.0 Å². The number of carbonyl (C=O) groups excluding carboxylic acids is 2. The van der Waals surface area contributed by atoms with Gasteiger partial charge in [0.25, 0.3) is 5.79 Å². The molecule has 2 N–H and O–H groups in total. The number of nitrogens with zero attached hydrogens (tertiary/aromatic N) is 2. The molecule has 0 radical (unpaired) electrons. The fourth-order valence-corrected chi connectivity index (χ4v) is 1.91. The van der Waals surface area contributed by atoms with Gasteiger partial charge >= 0.3 is 11.9 Å². The van der Waals surface area contributed by atoms with Crippen LogP contribution in [-0.4, -0.2) is 33.1 Å². The van der Waals surface area contributed by atoms with E-state index in [-0.39, 0.29) is 5.57 Å². The maximum Gasteiger partial charge on any atom is 0.350 e. The summed E-state index contributed by atoms with van der Waals surface area (Å²) in [6.07, 6.45) is 1.24. The van der Waals surface area contributed by atoms with Gasteiger partial charge < -0.3 is 14.8 Å². The molecule has 0 spiro atoms. The first kappa shape index (κ1) is 13.1. The summed E-state index contributed by atoms with van der Waals surface area (Å²) in [6, 6.07) is 5.29. The number of carbonyl (C=O) groups is 2. The average Bonchev–Trinajstić information content (AvgIpc) is 2.85. The zero-order valence-electron chi connectivity index (χ0n) is 11.3. The van der Waals surface area contributed by atoms with Gasteiger partial charge in [0.15, 0.2) is 5.57 Å². The summed E-state index contributed by atoms with van der Waals surface area (Å²) < 4.78 is 9.99. The van der Waals surface area contributed by atoms with Crippen LogP contribution in [0.3, 0.4) is 0 Å². The number of para-hydroxylation sites is 1. The monoisotopic (exact) mass is 288 g/mol. The van der Waals surface area contributed by atoms with E-state index in [1.807, 2.05) is 0 Å². The van der Waals surface area contributed by atoms with Crippen molar-refractivity contribution in [3.63, 3.8) is 0 Å². The van der Waals surface area contributed by atoms with E-state index in [1.165, 1.54) is 20.0 Å². The van der Waals surface area contributed by atoms with Crippen LogP contribution in [0.25, 0.3) is 11.0 Å². The highest BCUT2D eigenvalue weighted by atomic mass is 16.7. The smallest absolute Gasteiger partial charge is 0.350 e. The van der Waals surface area contributed by atoms with Crippen LogP contribution in [0.1, 0.15) is 13.8 Å². The van der Waals surface area contributed by atoms with Crippen LogP contribution >= 0.6 is 0 Å². The molecule has 0 atom stereocenters. The molecule has 0 amide bonds. The van der Waals surface area contributed by atoms with Gasteiger partial charge in [-0.3, -0.25) is 0 Å². The summed E-state index contributed by atoms with van der Waals surface area (Å²) in [4.78, 5) is 23.6. The number of aromatic amines is 1. The van der Waals surface area contributed by atoms with Crippen LogP contribution in [0.5, 0.6) is 0 Å². The fourth-order valence-electron chi connectivity index (χ4n) is 1.91. The first-order chi connectivity index (χ1) is 9.96. The molecule has 0 aliphatic carbocycles. The molecular formula is C13H12N4O4. The molecule has 1 aliphatic rings. The van der Waals surface area contributed by atoms with Crippen molar-refractivity contribution in [3.8, 4) is 0 Å². The van der Waals surface area contributed by atoms with Gasteiger partial charge in [0.2, 0.25) is 0 Å². The minimum Gasteiger partial charge on any atom is -0.419 e. The van der Waals surface area contributed by atoms with Crippen molar-refractivity contribution >= 4 is 28.7 Å². The third-order valence-corrected chi connectivity index (χ3v) is 2.84. The summed E-state index contributed by atoms with van der Waals surface area (Å²) in [5.74, 6) is -2.73. The van der Waals surface area contributed by atoms with Crippen LogP contribution in [-0.2, 0) is 19.1 Å². The fraction of sp³-hybridized carbons (Fsp3) is 0.231. The minimum atomic E-state index is -1.25. The Morgan fingerprint density at radius 3 is 2.62 bits per heavy atom. The quantitative estimate of drug-likeness (QED) is 0.484. The SMILES string of the molecule is CC1(C)OC(=O)C(=CNc2cccc3n[nH]nc23)C(=O)O1. The number of aromatic nitrogens is 3. The Bertz CT molecular complexity index is 740. The van der Waals surface area contributed by atoms with Crippen molar-refractivity contribution in [2.24, 2.45) is 0 Å². The van der Waals surface area contributed by atoms with Gasteiger partial charge in [-0.05, 0) is 12.1 Å². The third kappa shape index (κ3) is 2.42. The largest absolute Gasteiger partial charge is 0.419 e. The highest BCUT2D eigenvalue weighted by molar-refractivity contribution is 6.15. The summed E-state index contributed by atoms with van der Waals surface area (Å²) in [5.41, 5.74) is 1.63. The normalized spacial score (nSPS) is 17.3. The number of esters is 2. The molecule has 2 aromatic rings. The standard InChI is InChI=1S/C13H12N4O4/c1-13(2)20-11(18)7(12(19)21-13)6-14-8-4-3-5-9-10(8)16-17-15-9/h3-6,14H,1-2H3,(H,15,16,17). The van der Waals surface area contributed by atoms with Crippen LogP contribution in [0, 0.1) is 0 Å². The molecule has 0 saturated carbocycles.